The molecule has 0 radical (unpaired) electrons. The summed E-state index contributed by atoms with van der Waals surface area (Å²) in [5, 5.41) is 1.19. The molecule has 1 saturated carbocycles. The predicted octanol–water partition coefficient (Wildman–Crippen LogP) is 4.21. The van der Waals surface area contributed by atoms with Gasteiger partial charge in [-0.15, -0.1) is 0 Å². The molecule has 0 bridgehead atoms. The van der Waals surface area contributed by atoms with Gasteiger partial charge in [0.15, 0.2) is 0 Å². The first-order chi connectivity index (χ1) is 9.33. The van der Waals surface area contributed by atoms with Crippen LogP contribution in [0.25, 0.3) is 10.9 Å². The van der Waals surface area contributed by atoms with E-state index in [1.807, 2.05) is 12.3 Å². The average Bonchev–Trinajstić information content (AvgIpc) is 2.48. The molecule has 0 amide bonds. The summed E-state index contributed by atoms with van der Waals surface area (Å²) >= 11 is 0. The van der Waals surface area contributed by atoms with E-state index in [0.29, 0.717) is 0 Å². The fourth-order valence-electron chi connectivity index (χ4n) is 3.23. The van der Waals surface area contributed by atoms with Gasteiger partial charge in [0.25, 0.3) is 0 Å². The quantitative estimate of drug-likeness (QED) is 0.891. The van der Waals surface area contributed by atoms with Gasteiger partial charge in [-0.1, -0.05) is 50.3 Å². The first-order valence-electron chi connectivity index (χ1n) is 7.43. The standard InChI is InChI=1S/C17H22N2/c18-16(11-13-5-2-1-3-6-13)15-9-8-14-7-4-10-19-17(14)12-15/h4,7-10,12-13,16H,1-3,5-6,11,18H2. The maximum Gasteiger partial charge on any atom is 0.0705 e. The van der Waals surface area contributed by atoms with Gasteiger partial charge >= 0.3 is 0 Å². The maximum absolute atomic E-state index is 6.39. The molecule has 2 aromatic rings. The number of nitrogens with zero attached hydrogens (tertiary/aromatic N) is 1. The first kappa shape index (κ1) is 12.6. The van der Waals surface area contributed by atoms with Crippen molar-refractivity contribution in [1.82, 2.24) is 4.98 Å². The lowest BCUT2D eigenvalue weighted by Crippen LogP contribution is -2.17. The third-order valence-corrected chi connectivity index (χ3v) is 4.37. The molecule has 19 heavy (non-hydrogen) atoms. The van der Waals surface area contributed by atoms with E-state index in [4.69, 9.17) is 5.73 Å². The first-order valence-corrected chi connectivity index (χ1v) is 7.43. The molecule has 0 aliphatic heterocycles. The van der Waals surface area contributed by atoms with E-state index < -0.39 is 0 Å². The topological polar surface area (TPSA) is 38.9 Å². The molecule has 0 spiro atoms. The summed E-state index contributed by atoms with van der Waals surface area (Å²) in [5.74, 6) is 0.822. The van der Waals surface area contributed by atoms with E-state index in [2.05, 4.69) is 29.2 Å². The minimum atomic E-state index is 0.162. The fourth-order valence-corrected chi connectivity index (χ4v) is 3.23. The Kier molecular flexibility index (Phi) is 3.79. The summed E-state index contributed by atoms with van der Waals surface area (Å²) in [4.78, 5) is 4.42. The van der Waals surface area contributed by atoms with E-state index in [-0.39, 0.29) is 6.04 Å². The molecule has 1 unspecified atom stereocenters. The minimum absolute atomic E-state index is 0.162. The average molecular weight is 254 g/mol. The van der Waals surface area contributed by atoms with Gasteiger partial charge in [-0.3, -0.25) is 4.98 Å². The fraction of sp³-hybridized carbons (Fsp3) is 0.471. The highest BCUT2D eigenvalue weighted by molar-refractivity contribution is 5.78. The molecule has 1 heterocycles. The molecule has 3 rings (SSSR count). The zero-order valence-electron chi connectivity index (χ0n) is 11.4. The highest BCUT2D eigenvalue weighted by Gasteiger charge is 2.17. The summed E-state index contributed by atoms with van der Waals surface area (Å²) in [6.07, 6.45) is 9.87. The lowest BCUT2D eigenvalue weighted by atomic mass is 9.83. The van der Waals surface area contributed by atoms with Gasteiger partial charge in [-0.2, -0.15) is 0 Å². The van der Waals surface area contributed by atoms with Gasteiger partial charge in [0.1, 0.15) is 0 Å². The van der Waals surface area contributed by atoms with Crippen molar-refractivity contribution in [3.63, 3.8) is 0 Å². The summed E-state index contributed by atoms with van der Waals surface area (Å²) in [7, 11) is 0. The number of nitrogens with two attached hydrogens (primary N) is 1. The third kappa shape index (κ3) is 2.95. The number of hydrogen-bond donors (Lipinski definition) is 1. The molecule has 1 aromatic carbocycles. The Morgan fingerprint density at radius 3 is 2.84 bits per heavy atom. The molecule has 0 saturated heterocycles. The number of pyridine rings is 1. The largest absolute Gasteiger partial charge is 0.324 e. The SMILES string of the molecule is NC(CC1CCCCC1)c1ccc2cccnc2c1. The Bertz CT molecular complexity index is 544. The molecule has 2 N–H and O–H groups in total. The van der Waals surface area contributed by atoms with Gasteiger partial charge in [-0.25, -0.2) is 0 Å². The molecular formula is C17H22N2. The van der Waals surface area contributed by atoms with Gasteiger partial charge < -0.3 is 5.73 Å². The van der Waals surface area contributed by atoms with Crippen molar-refractivity contribution in [3.05, 3.63) is 42.1 Å². The molecule has 1 fully saturated rings. The molecular weight excluding hydrogens is 232 g/mol. The van der Waals surface area contributed by atoms with Crippen LogP contribution in [0.3, 0.4) is 0 Å². The Labute approximate surface area is 115 Å². The Morgan fingerprint density at radius 1 is 1.16 bits per heavy atom. The summed E-state index contributed by atoms with van der Waals surface area (Å²) in [6.45, 7) is 0. The minimum Gasteiger partial charge on any atom is -0.324 e. The van der Waals surface area contributed by atoms with Crippen molar-refractivity contribution in [1.29, 1.82) is 0 Å². The molecule has 1 aliphatic carbocycles. The number of fused-ring (bicyclic) bond motifs is 1. The lowest BCUT2D eigenvalue weighted by molar-refractivity contribution is 0.319. The van der Waals surface area contributed by atoms with Crippen LogP contribution in [-0.4, -0.2) is 4.98 Å². The van der Waals surface area contributed by atoms with Gasteiger partial charge in [0.2, 0.25) is 0 Å². The second-order valence-corrected chi connectivity index (χ2v) is 5.80. The predicted molar refractivity (Wildman–Crippen MR) is 79.9 cm³/mol. The van der Waals surface area contributed by atoms with Crippen LogP contribution in [0.1, 0.15) is 50.1 Å². The van der Waals surface area contributed by atoms with Crippen LogP contribution in [0.15, 0.2) is 36.5 Å². The zero-order valence-corrected chi connectivity index (χ0v) is 11.4. The lowest BCUT2D eigenvalue weighted by Gasteiger charge is -2.24. The number of aromatic nitrogens is 1. The van der Waals surface area contributed by atoms with Crippen LogP contribution in [0.4, 0.5) is 0 Å². The van der Waals surface area contributed by atoms with Crippen LogP contribution in [0.5, 0.6) is 0 Å². The second-order valence-electron chi connectivity index (χ2n) is 5.80. The van der Waals surface area contributed by atoms with Crippen LogP contribution < -0.4 is 5.73 Å². The van der Waals surface area contributed by atoms with Gasteiger partial charge in [-0.05, 0) is 30.0 Å². The van der Waals surface area contributed by atoms with E-state index in [0.717, 1.165) is 17.9 Å². The number of rotatable bonds is 3. The summed E-state index contributed by atoms with van der Waals surface area (Å²) in [6, 6.07) is 10.7. The molecule has 1 atom stereocenters. The van der Waals surface area contributed by atoms with E-state index in [9.17, 15) is 0 Å². The Balaban J connectivity index is 1.75. The van der Waals surface area contributed by atoms with E-state index in [1.54, 1.807) is 0 Å². The van der Waals surface area contributed by atoms with Crippen LogP contribution in [0, 0.1) is 5.92 Å². The highest BCUT2D eigenvalue weighted by atomic mass is 14.7. The van der Waals surface area contributed by atoms with Crippen molar-refractivity contribution < 1.29 is 0 Å². The Hall–Kier alpha value is -1.41. The molecule has 2 nitrogen and oxygen atoms in total. The monoisotopic (exact) mass is 254 g/mol. The van der Waals surface area contributed by atoms with Crippen molar-refractivity contribution >= 4 is 10.9 Å². The van der Waals surface area contributed by atoms with Crippen molar-refractivity contribution in [2.45, 2.75) is 44.6 Å². The van der Waals surface area contributed by atoms with Crippen LogP contribution in [0.2, 0.25) is 0 Å². The highest BCUT2D eigenvalue weighted by Crippen LogP contribution is 2.31. The zero-order chi connectivity index (χ0) is 13.1. The third-order valence-electron chi connectivity index (χ3n) is 4.37. The molecule has 100 valence electrons. The summed E-state index contributed by atoms with van der Waals surface area (Å²) in [5.41, 5.74) is 8.68. The number of hydrogen-bond acceptors (Lipinski definition) is 2. The second kappa shape index (κ2) is 5.70. The van der Waals surface area contributed by atoms with Crippen molar-refractivity contribution in [2.24, 2.45) is 11.7 Å². The molecule has 1 aliphatic rings. The van der Waals surface area contributed by atoms with E-state index >= 15 is 0 Å². The number of benzene rings is 1. The molecule has 1 aromatic heterocycles. The van der Waals surface area contributed by atoms with Crippen molar-refractivity contribution in [2.75, 3.05) is 0 Å². The van der Waals surface area contributed by atoms with Gasteiger partial charge in [0.05, 0.1) is 5.52 Å². The van der Waals surface area contributed by atoms with E-state index in [1.165, 1.54) is 43.1 Å². The summed E-state index contributed by atoms with van der Waals surface area (Å²) < 4.78 is 0. The van der Waals surface area contributed by atoms with Crippen molar-refractivity contribution in [3.8, 4) is 0 Å². The maximum atomic E-state index is 6.39. The normalized spacial score (nSPS) is 18.6. The van der Waals surface area contributed by atoms with Crippen LogP contribution in [-0.2, 0) is 0 Å². The van der Waals surface area contributed by atoms with Gasteiger partial charge in [0, 0.05) is 17.6 Å². The Morgan fingerprint density at radius 2 is 2.00 bits per heavy atom. The van der Waals surface area contributed by atoms with Crippen LogP contribution >= 0.6 is 0 Å². The molecule has 2 heteroatoms. The smallest absolute Gasteiger partial charge is 0.0705 e.